The van der Waals surface area contributed by atoms with Crippen LogP contribution in [0.2, 0.25) is 0 Å². The van der Waals surface area contributed by atoms with E-state index in [1.165, 1.54) is 11.1 Å². The molecule has 2 amide bonds. The molecule has 2 aromatic carbocycles. The quantitative estimate of drug-likeness (QED) is 0.527. The first-order valence-corrected chi connectivity index (χ1v) is 12.6. The van der Waals surface area contributed by atoms with Gasteiger partial charge in [-0.1, -0.05) is 55.5 Å². The molecule has 184 valence electrons. The minimum atomic E-state index is -0.827. The summed E-state index contributed by atoms with van der Waals surface area (Å²) in [5, 5.41) is 15.4. The summed E-state index contributed by atoms with van der Waals surface area (Å²) in [5.74, 6) is -1.19. The van der Waals surface area contributed by atoms with Gasteiger partial charge in [-0.05, 0) is 59.8 Å². The van der Waals surface area contributed by atoms with E-state index in [2.05, 4.69) is 34.9 Å². The maximum absolute atomic E-state index is 12.7. The second kappa shape index (κ2) is 9.72. The van der Waals surface area contributed by atoms with Crippen molar-refractivity contribution in [1.82, 2.24) is 10.6 Å². The normalized spacial score (nSPS) is 24.9. The Hall–Kier alpha value is -3.35. The van der Waals surface area contributed by atoms with Crippen LogP contribution in [0.5, 0.6) is 0 Å². The molecule has 3 aliphatic carbocycles. The number of hydrogen-bond donors (Lipinski definition) is 3. The van der Waals surface area contributed by atoms with Crippen molar-refractivity contribution >= 4 is 18.0 Å². The first-order valence-electron chi connectivity index (χ1n) is 12.6. The minimum Gasteiger partial charge on any atom is -0.481 e. The van der Waals surface area contributed by atoms with Crippen LogP contribution in [-0.4, -0.2) is 41.8 Å². The van der Waals surface area contributed by atoms with Crippen LogP contribution in [-0.2, 0) is 14.3 Å². The van der Waals surface area contributed by atoms with E-state index in [9.17, 15) is 19.5 Å². The smallest absolute Gasteiger partial charge is 0.407 e. The van der Waals surface area contributed by atoms with Crippen molar-refractivity contribution in [2.75, 3.05) is 6.61 Å². The number of alkyl carbamates (subject to hydrolysis) is 1. The van der Waals surface area contributed by atoms with E-state index < -0.39 is 18.0 Å². The van der Waals surface area contributed by atoms with Gasteiger partial charge in [0.1, 0.15) is 6.61 Å². The molecule has 0 radical (unpaired) electrons. The molecule has 0 heterocycles. The molecule has 7 nitrogen and oxygen atoms in total. The van der Waals surface area contributed by atoms with Crippen molar-refractivity contribution in [1.29, 1.82) is 0 Å². The molecule has 35 heavy (non-hydrogen) atoms. The number of carbonyl (C=O) groups excluding carboxylic acids is 2. The Morgan fingerprint density at radius 3 is 2.26 bits per heavy atom. The van der Waals surface area contributed by atoms with Crippen LogP contribution in [0.4, 0.5) is 4.79 Å². The number of carbonyl (C=O) groups is 3. The molecule has 0 saturated heterocycles. The average Bonchev–Trinajstić information content (AvgIpc) is 3.54. The van der Waals surface area contributed by atoms with Gasteiger partial charge in [-0.25, -0.2) is 4.79 Å². The number of aliphatic carboxylic acids is 1. The van der Waals surface area contributed by atoms with Gasteiger partial charge in [0.15, 0.2) is 0 Å². The lowest BCUT2D eigenvalue weighted by atomic mass is 9.84. The molecule has 2 aromatic rings. The summed E-state index contributed by atoms with van der Waals surface area (Å²) in [7, 11) is 0. The van der Waals surface area contributed by atoms with Crippen LogP contribution in [0.1, 0.15) is 56.1 Å². The second-order valence-corrected chi connectivity index (χ2v) is 10.1. The van der Waals surface area contributed by atoms with Gasteiger partial charge < -0.3 is 20.5 Å². The van der Waals surface area contributed by atoms with E-state index in [1.807, 2.05) is 31.2 Å². The Bertz CT molecular complexity index is 1090. The predicted molar refractivity (Wildman–Crippen MR) is 131 cm³/mol. The van der Waals surface area contributed by atoms with Crippen LogP contribution in [0, 0.1) is 17.8 Å². The molecule has 5 rings (SSSR count). The van der Waals surface area contributed by atoms with Crippen molar-refractivity contribution in [3.8, 4) is 11.1 Å². The van der Waals surface area contributed by atoms with Gasteiger partial charge in [-0.15, -0.1) is 0 Å². The molecule has 0 aromatic heterocycles. The Morgan fingerprint density at radius 1 is 1.00 bits per heavy atom. The SMILES string of the molecule is CC[C@@H](CC(=O)NC1C2CCC(C2)C1C(=O)O)NC(=O)OCC1c2ccccc2-c2ccccc21. The largest absolute Gasteiger partial charge is 0.481 e. The van der Waals surface area contributed by atoms with E-state index in [-0.39, 0.29) is 48.8 Å². The zero-order valence-electron chi connectivity index (χ0n) is 19.9. The number of fused-ring (bicyclic) bond motifs is 5. The first-order chi connectivity index (χ1) is 17.0. The fourth-order valence-electron chi connectivity index (χ4n) is 6.43. The zero-order valence-corrected chi connectivity index (χ0v) is 19.9. The topological polar surface area (TPSA) is 105 Å². The summed E-state index contributed by atoms with van der Waals surface area (Å²) < 4.78 is 5.62. The fraction of sp³-hybridized carbons (Fsp3) is 0.464. The number of nitrogens with one attached hydrogen (secondary N) is 2. The van der Waals surface area contributed by atoms with Crippen LogP contribution >= 0.6 is 0 Å². The molecule has 2 saturated carbocycles. The zero-order chi connectivity index (χ0) is 24.5. The molecule has 4 unspecified atom stereocenters. The molecule has 3 aliphatic rings. The Kier molecular flexibility index (Phi) is 6.50. The summed E-state index contributed by atoms with van der Waals surface area (Å²) in [4.78, 5) is 37.1. The summed E-state index contributed by atoms with van der Waals surface area (Å²) >= 11 is 0. The number of carboxylic acid groups (broad SMARTS) is 1. The minimum absolute atomic E-state index is 0.0257. The van der Waals surface area contributed by atoms with Crippen molar-refractivity contribution in [2.45, 2.75) is 57.0 Å². The van der Waals surface area contributed by atoms with E-state index in [4.69, 9.17) is 4.74 Å². The van der Waals surface area contributed by atoms with Gasteiger partial charge in [-0.3, -0.25) is 9.59 Å². The lowest BCUT2D eigenvalue weighted by Gasteiger charge is -2.29. The van der Waals surface area contributed by atoms with E-state index >= 15 is 0 Å². The summed E-state index contributed by atoms with van der Waals surface area (Å²) in [6.07, 6.45) is 2.88. The predicted octanol–water partition coefficient (Wildman–Crippen LogP) is 4.31. The van der Waals surface area contributed by atoms with Crippen LogP contribution in [0.3, 0.4) is 0 Å². The molecule has 3 N–H and O–H groups in total. The molecule has 0 spiro atoms. The van der Waals surface area contributed by atoms with Crippen molar-refractivity contribution < 1.29 is 24.2 Å². The van der Waals surface area contributed by atoms with Crippen LogP contribution in [0.25, 0.3) is 11.1 Å². The Balaban J connectivity index is 1.16. The molecule has 2 fully saturated rings. The van der Waals surface area contributed by atoms with E-state index in [0.29, 0.717) is 6.42 Å². The maximum atomic E-state index is 12.7. The number of amides is 2. The monoisotopic (exact) mass is 476 g/mol. The number of ether oxygens (including phenoxy) is 1. The molecular formula is C28H32N2O5. The highest BCUT2D eigenvalue weighted by Gasteiger charge is 2.51. The van der Waals surface area contributed by atoms with Gasteiger partial charge in [0.2, 0.25) is 5.91 Å². The summed E-state index contributed by atoms with van der Waals surface area (Å²) in [5.41, 5.74) is 4.62. The van der Waals surface area contributed by atoms with Gasteiger partial charge in [0.05, 0.1) is 5.92 Å². The van der Waals surface area contributed by atoms with Gasteiger partial charge in [0.25, 0.3) is 0 Å². The number of carboxylic acids is 1. The standard InChI is InChI=1S/C28H32N2O5/c1-2-18(14-24(31)30-26-17-12-11-16(13-17)25(26)27(32)33)29-28(34)35-15-23-21-9-5-3-7-19(21)20-8-4-6-10-22(20)23/h3-10,16-18,23,25-26H,2,11-15H2,1H3,(H,29,34)(H,30,31)(H,32,33)/t16?,17?,18-,25?,26?/m0/s1. The maximum Gasteiger partial charge on any atom is 0.407 e. The molecule has 0 aliphatic heterocycles. The van der Waals surface area contributed by atoms with E-state index in [1.54, 1.807) is 0 Å². The highest BCUT2D eigenvalue weighted by molar-refractivity contribution is 5.81. The molecule has 2 bridgehead atoms. The number of benzene rings is 2. The Labute approximate surface area is 205 Å². The van der Waals surface area contributed by atoms with Crippen LogP contribution < -0.4 is 10.6 Å². The summed E-state index contributed by atoms with van der Waals surface area (Å²) in [6, 6.07) is 15.6. The van der Waals surface area contributed by atoms with Gasteiger partial charge in [-0.2, -0.15) is 0 Å². The lowest BCUT2D eigenvalue weighted by molar-refractivity contribution is -0.144. The highest BCUT2D eigenvalue weighted by Crippen LogP contribution is 2.48. The molecule has 7 heteroatoms. The second-order valence-electron chi connectivity index (χ2n) is 10.1. The molecule has 5 atom stereocenters. The lowest BCUT2D eigenvalue weighted by Crippen LogP contribution is -2.48. The number of hydrogen-bond acceptors (Lipinski definition) is 4. The van der Waals surface area contributed by atoms with Gasteiger partial charge in [0, 0.05) is 24.4 Å². The van der Waals surface area contributed by atoms with Crippen LogP contribution in [0.15, 0.2) is 48.5 Å². The third-order valence-electron chi connectivity index (χ3n) is 8.12. The highest BCUT2D eigenvalue weighted by atomic mass is 16.5. The van der Waals surface area contributed by atoms with Crippen molar-refractivity contribution in [3.05, 3.63) is 59.7 Å². The van der Waals surface area contributed by atoms with Crippen molar-refractivity contribution in [2.24, 2.45) is 17.8 Å². The third kappa shape index (κ3) is 4.51. The fourth-order valence-corrected chi connectivity index (χ4v) is 6.43. The van der Waals surface area contributed by atoms with Gasteiger partial charge >= 0.3 is 12.1 Å². The van der Waals surface area contributed by atoms with Crippen molar-refractivity contribution in [3.63, 3.8) is 0 Å². The summed E-state index contributed by atoms with van der Waals surface area (Å²) in [6.45, 7) is 2.12. The Morgan fingerprint density at radius 2 is 1.63 bits per heavy atom. The third-order valence-corrected chi connectivity index (χ3v) is 8.12. The number of rotatable bonds is 8. The molecular weight excluding hydrogens is 444 g/mol. The van der Waals surface area contributed by atoms with E-state index in [0.717, 1.165) is 30.4 Å². The average molecular weight is 477 g/mol. The first kappa shape index (κ1) is 23.4.